The smallest absolute Gasteiger partial charge is 0.322 e. The standard InChI is InChI=1S/C11H15N5O/c1-8(2)16-7-10(6-14-16)17-11-13-4-3-9(5-12)15-11/h3-4,6-8H,5,12H2,1-2H3. The molecular weight excluding hydrogens is 218 g/mol. The summed E-state index contributed by atoms with van der Waals surface area (Å²) in [6.07, 6.45) is 5.07. The number of nitrogens with two attached hydrogens (primary N) is 1. The molecule has 0 saturated heterocycles. The molecule has 0 fully saturated rings. The molecule has 0 aliphatic rings. The summed E-state index contributed by atoms with van der Waals surface area (Å²) >= 11 is 0. The first-order chi connectivity index (χ1) is 8.19. The van der Waals surface area contributed by atoms with Gasteiger partial charge in [-0.1, -0.05) is 0 Å². The number of hydrogen-bond acceptors (Lipinski definition) is 5. The normalized spacial score (nSPS) is 10.8. The van der Waals surface area contributed by atoms with Gasteiger partial charge in [-0.05, 0) is 19.9 Å². The van der Waals surface area contributed by atoms with Gasteiger partial charge < -0.3 is 10.5 Å². The van der Waals surface area contributed by atoms with E-state index in [2.05, 4.69) is 15.1 Å². The molecule has 6 nitrogen and oxygen atoms in total. The molecule has 6 heteroatoms. The molecule has 2 heterocycles. The predicted octanol–water partition coefficient (Wildman–Crippen LogP) is 1.51. The fraction of sp³-hybridized carbons (Fsp3) is 0.364. The first-order valence-electron chi connectivity index (χ1n) is 5.43. The highest BCUT2D eigenvalue weighted by Crippen LogP contribution is 2.18. The summed E-state index contributed by atoms with van der Waals surface area (Å²) < 4.78 is 7.30. The van der Waals surface area contributed by atoms with Crippen LogP contribution in [0.1, 0.15) is 25.6 Å². The lowest BCUT2D eigenvalue weighted by Gasteiger charge is -2.03. The summed E-state index contributed by atoms with van der Waals surface area (Å²) in [5.74, 6) is 0.618. The second-order valence-electron chi connectivity index (χ2n) is 3.89. The van der Waals surface area contributed by atoms with Gasteiger partial charge in [0.1, 0.15) is 0 Å². The minimum Gasteiger partial charge on any atom is -0.421 e. The first kappa shape index (κ1) is 11.5. The Bertz CT molecular complexity index is 494. The number of aromatic nitrogens is 4. The molecule has 0 spiro atoms. The van der Waals surface area contributed by atoms with Gasteiger partial charge in [0.05, 0.1) is 18.1 Å². The second kappa shape index (κ2) is 4.92. The zero-order chi connectivity index (χ0) is 12.3. The average molecular weight is 233 g/mol. The molecule has 0 amide bonds. The third-order valence-electron chi connectivity index (χ3n) is 2.22. The number of hydrogen-bond donors (Lipinski definition) is 1. The van der Waals surface area contributed by atoms with Gasteiger partial charge in [-0.25, -0.2) is 4.98 Å². The first-order valence-corrected chi connectivity index (χ1v) is 5.43. The van der Waals surface area contributed by atoms with Gasteiger partial charge in [0.25, 0.3) is 0 Å². The van der Waals surface area contributed by atoms with E-state index in [1.165, 1.54) is 0 Å². The van der Waals surface area contributed by atoms with E-state index in [9.17, 15) is 0 Å². The van der Waals surface area contributed by atoms with Crippen LogP contribution in [0.5, 0.6) is 11.8 Å². The number of ether oxygens (including phenoxy) is 1. The highest BCUT2D eigenvalue weighted by atomic mass is 16.5. The van der Waals surface area contributed by atoms with Crippen LogP contribution in [0.15, 0.2) is 24.7 Å². The molecule has 0 aromatic carbocycles. The molecule has 0 aliphatic heterocycles. The molecule has 17 heavy (non-hydrogen) atoms. The molecule has 2 aromatic heterocycles. The van der Waals surface area contributed by atoms with Crippen molar-refractivity contribution in [1.29, 1.82) is 0 Å². The Kier molecular flexibility index (Phi) is 3.34. The minimum absolute atomic E-state index is 0.288. The molecule has 0 unspecified atom stereocenters. The Balaban J connectivity index is 2.13. The van der Waals surface area contributed by atoms with Crippen LogP contribution in [0, 0.1) is 0 Å². The maximum atomic E-state index is 5.49. The Hall–Kier alpha value is -1.95. The van der Waals surface area contributed by atoms with Crippen molar-refractivity contribution >= 4 is 0 Å². The summed E-state index contributed by atoms with van der Waals surface area (Å²) in [6, 6.07) is 2.34. The summed E-state index contributed by atoms with van der Waals surface area (Å²) in [7, 11) is 0. The topological polar surface area (TPSA) is 78.9 Å². The molecule has 0 aliphatic carbocycles. The van der Waals surface area contributed by atoms with Gasteiger partial charge >= 0.3 is 6.01 Å². The molecular formula is C11H15N5O. The SMILES string of the molecule is CC(C)n1cc(Oc2nccc(CN)n2)cn1. The van der Waals surface area contributed by atoms with Gasteiger partial charge in [0, 0.05) is 18.8 Å². The molecule has 0 saturated carbocycles. The van der Waals surface area contributed by atoms with Crippen LogP contribution in [0.4, 0.5) is 0 Å². The van der Waals surface area contributed by atoms with Crippen LogP contribution in [-0.2, 0) is 6.54 Å². The van der Waals surface area contributed by atoms with Gasteiger partial charge in [-0.15, -0.1) is 0 Å². The molecule has 90 valence electrons. The van der Waals surface area contributed by atoms with Gasteiger partial charge in [0.2, 0.25) is 0 Å². The van der Waals surface area contributed by atoms with Crippen molar-refractivity contribution in [3.05, 3.63) is 30.4 Å². The molecule has 2 aromatic rings. The maximum absolute atomic E-state index is 5.49. The molecule has 0 radical (unpaired) electrons. The highest BCUT2D eigenvalue weighted by Gasteiger charge is 2.05. The van der Waals surface area contributed by atoms with Crippen molar-refractivity contribution in [3.63, 3.8) is 0 Å². The lowest BCUT2D eigenvalue weighted by Crippen LogP contribution is -2.01. The number of rotatable bonds is 4. The van der Waals surface area contributed by atoms with E-state index < -0.39 is 0 Å². The summed E-state index contributed by atoms with van der Waals surface area (Å²) in [6.45, 7) is 4.45. The molecule has 0 bridgehead atoms. The summed E-state index contributed by atoms with van der Waals surface area (Å²) in [4.78, 5) is 8.16. The van der Waals surface area contributed by atoms with Crippen molar-refractivity contribution in [3.8, 4) is 11.8 Å². The van der Waals surface area contributed by atoms with Crippen LogP contribution >= 0.6 is 0 Å². The van der Waals surface area contributed by atoms with Crippen LogP contribution in [0.25, 0.3) is 0 Å². The zero-order valence-electron chi connectivity index (χ0n) is 9.87. The third-order valence-corrected chi connectivity index (χ3v) is 2.22. The number of nitrogens with zero attached hydrogens (tertiary/aromatic N) is 4. The Labute approximate surface area is 99.4 Å². The average Bonchev–Trinajstić information content (AvgIpc) is 2.78. The Morgan fingerprint density at radius 1 is 1.47 bits per heavy atom. The van der Waals surface area contributed by atoms with Gasteiger partial charge in [0.15, 0.2) is 5.75 Å². The van der Waals surface area contributed by atoms with Gasteiger partial charge in [-0.2, -0.15) is 10.1 Å². The van der Waals surface area contributed by atoms with E-state index in [1.54, 1.807) is 18.5 Å². The van der Waals surface area contributed by atoms with Crippen LogP contribution in [0.3, 0.4) is 0 Å². The fourth-order valence-electron chi connectivity index (χ4n) is 1.30. The van der Waals surface area contributed by atoms with E-state index in [4.69, 9.17) is 10.5 Å². The second-order valence-corrected chi connectivity index (χ2v) is 3.89. The van der Waals surface area contributed by atoms with Crippen LogP contribution in [0.2, 0.25) is 0 Å². The maximum Gasteiger partial charge on any atom is 0.322 e. The summed E-state index contributed by atoms with van der Waals surface area (Å²) in [5.41, 5.74) is 6.24. The fourth-order valence-corrected chi connectivity index (χ4v) is 1.30. The lowest BCUT2D eigenvalue weighted by molar-refractivity contribution is 0.436. The van der Waals surface area contributed by atoms with Crippen molar-refractivity contribution in [1.82, 2.24) is 19.7 Å². The van der Waals surface area contributed by atoms with E-state index in [0.29, 0.717) is 18.3 Å². The third kappa shape index (κ3) is 2.79. The summed E-state index contributed by atoms with van der Waals surface area (Å²) in [5, 5.41) is 4.17. The van der Waals surface area contributed by atoms with E-state index in [-0.39, 0.29) is 6.01 Å². The van der Waals surface area contributed by atoms with Crippen LogP contribution in [-0.4, -0.2) is 19.7 Å². The minimum atomic E-state index is 0.288. The predicted molar refractivity (Wildman–Crippen MR) is 62.6 cm³/mol. The van der Waals surface area contributed by atoms with Gasteiger partial charge in [-0.3, -0.25) is 4.68 Å². The molecule has 2 rings (SSSR count). The highest BCUT2D eigenvalue weighted by molar-refractivity contribution is 5.18. The van der Waals surface area contributed by atoms with Crippen molar-refractivity contribution in [2.24, 2.45) is 5.73 Å². The quantitative estimate of drug-likeness (QED) is 0.865. The van der Waals surface area contributed by atoms with E-state index >= 15 is 0 Å². The molecule has 2 N–H and O–H groups in total. The Morgan fingerprint density at radius 2 is 2.29 bits per heavy atom. The van der Waals surface area contributed by atoms with Crippen molar-refractivity contribution < 1.29 is 4.74 Å². The van der Waals surface area contributed by atoms with E-state index in [0.717, 1.165) is 5.69 Å². The van der Waals surface area contributed by atoms with Crippen LogP contribution < -0.4 is 10.5 Å². The zero-order valence-corrected chi connectivity index (χ0v) is 9.87. The Morgan fingerprint density at radius 3 is 2.94 bits per heavy atom. The lowest BCUT2D eigenvalue weighted by atomic mass is 10.4. The van der Waals surface area contributed by atoms with E-state index in [1.807, 2.05) is 24.7 Å². The van der Waals surface area contributed by atoms with Crippen molar-refractivity contribution in [2.75, 3.05) is 0 Å². The largest absolute Gasteiger partial charge is 0.421 e. The van der Waals surface area contributed by atoms with Crippen molar-refractivity contribution in [2.45, 2.75) is 26.4 Å². The molecule has 0 atom stereocenters. The monoisotopic (exact) mass is 233 g/mol.